The van der Waals surface area contributed by atoms with Crippen LogP contribution in [0.3, 0.4) is 0 Å². The molecule has 1 aromatic carbocycles. The summed E-state index contributed by atoms with van der Waals surface area (Å²) in [5.74, 6) is 1.65. The molecule has 0 bridgehead atoms. The van der Waals surface area contributed by atoms with E-state index in [1.165, 1.54) is 12.1 Å². The van der Waals surface area contributed by atoms with Gasteiger partial charge < -0.3 is 16.0 Å². The molecule has 27 heavy (non-hydrogen) atoms. The van der Waals surface area contributed by atoms with Crippen molar-refractivity contribution in [3.8, 4) is 0 Å². The molecular weight excluding hydrogens is 363 g/mol. The van der Waals surface area contributed by atoms with E-state index in [2.05, 4.69) is 20.9 Å². The van der Waals surface area contributed by atoms with Crippen LogP contribution in [0.5, 0.6) is 0 Å². The number of aliphatic imine (C=N–C) groups is 1. The summed E-state index contributed by atoms with van der Waals surface area (Å²) in [6, 6.07) is 6.97. The van der Waals surface area contributed by atoms with Crippen LogP contribution in [0.4, 0.5) is 4.39 Å². The standard InChI is InChI=1S/C20H31FN4OS/c1-14(2)24-19(26)15-5-4-6-17(13-15)25-20(22-3)23-11-12-27-18-9-7-16(21)8-10-18/h7-10,14-15,17H,4-6,11-13H2,1-3H3,(H,24,26)(H2,22,23,25). The molecule has 0 spiro atoms. The number of carbonyl (C=O) groups excluding carboxylic acids is 1. The van der Waals surface area contributed by atoms with E-state index in [1.807, 2.05) is 13.8 Å². The number of nitrogens with one attached hydrogen (secondary N) is 3. The Morgan fingerprint density at radius 2 is 2.04 bits per heavy atom. The van der Waals surface area contributed by atoms with Gasteiger partial charge in [0.05, 0.1) is 0 Å². The van der Waals surface area contributed by atoms with Gasteiger partial charge in [-0.05, 0) is 57.4 Å². The first kappa shape index (κ1) is 21.5. The summed E-state index contributed by atoms with van der Waals surface area (Å²) in [7, 11) is 1.76. The van der Waals surface area contributed by atoms with Crippen molar-refractivity contribution in [2.24, 2.45) is 10.9 Å². The van der Waals surface area contributed by atoms with E-state index in [0.29, 0.717) is 0 Å². The van der Waals surface area contributed by atoms with Crippen LogP contribution in [-0.2, 0) is 4.79 Å². The van der Waals surface area contributed by atoms with E-state index in [4.69, 9.17) is 0 Å². The summed E-state index contributed by atoms with van der Waals surface area (Å²) in [5.41, 5.74) is 0. The highest BCUT2D eigenvalue weighted by atomic mass is 32.2. The van der Waals surface area contributed by atoms with Crippen molar-refractivity contribution in [2.75, 3.05) is 19.3 Å². The maximum atomic E-state index is 12.9. The molecule has 0 saturated heterocycles. The van der Waals surface area contributed by atoms with Crippen molar-refractivity contribution < 1.29 is 9.18 Å². The summed E-state index contributed by atoms with van der Waals surface area (Å²) < 4.78 is 12.9. The van der Waals surface area contributed by atoms with Gasteiger partial charge in [-0.2, -0.15) is 0 Å². The second kappa shape index (κ2) is 11.2. The van der Waals surface area contributed by atoms with Crippen molar-refractivity contribution in [2.45, 2.75) is 56.5 Å². The molecule has 3 N–H and O–H groups in total. The van der Waals surface area contributed by atoms with Crippen molar-refractivity contribution >= 4 is 23.6 Å². The van der Waals surface area contributed by atoms with Gasteiger partial charge in [-0.15, -0.1) is 11.8 Å². The molecule has 7 heteroatoms. The second-order valence-corrected chi connectivity index (χ2v) is 8.34. The van der Waals surface area contributed by atoms with Gasteiger partial charge in [0.15, 0.2) is 5.96 Å². The van der Waals surface area contributed by atoms with Crippen LogP contribution in [0.15, 0.2) is 34.2 Å². The maximum absolute atomic E-state index is 12.9. The Balaban J connectivity index is 1.72. The zero-order chi connectivity index (χ0) is 19.6. The first-order valence-electron chi connectivity index (χ1n) is 9.64. The number of guanidine groups is 1. The van der Waals surface area contributed by atoms with Gasteiger partial charge in [-0.25, -0.2) is 4.39 Å². The first-order valence-corrected chi connectivity index (χ1v) is 10.6. The molecule has 1 saturated carbocycles. The third-order valence-electron chi connectivity index (χ3n) is 4.52. The highest BCUT2D eigenvalue weighted by Gasteiger charge is 2.27. The predicted octanol–water partition coefficient (Wildman–Crippen LogP) is 3.17. The molecule has 1 aliphatic rings. The van der Waals surface area contributed by atoms with Gasteiger partial charge in [0.2, 0.25) is 5.91 Å². The Labute approximate surface area is 166 Å². The predicted molar refractivity (Wildman–Crippen MR) is 111 cm³/mol. The van der Waals surface area contributed by atoms with Gasteiger partial charge in [-0.3, -0.25) is 9.79 Å². The van der Waals surface area contributed by atoms with Crippen LogP contribution in [0.1, 0.15) is 39.5 Å². The Morgan fingerprint density at radius 1 is 1.30 bits per heavy atom. The zero-order valence-corrected chi connectivity index (χ0v) is 17.2. The van der Waals surface area contributed by atoms with Gasteiger partial charge >= 0.3 is 0 Å². The average Bonchev–Trinajstić information content (AvgIpc) is 2.65. The minimum Gasteiger partial charge on any atom is -0.356 e. The fourth-order valence-corrected chi connectivity index (χ4v) is 3.99. The van der Waals surface area contributed by atoms with Gasteiger partial charge in [0, 0.05) is 42.2 Å². The van der Waals surface area contributed by atoms with Crippen LogP contribution in [0, 0.1) is 11.7 Å². The van der Waals surface area contributed by atoms with E-state index in [0.717, 1.165) is 48.8 Å². The van der Waals surface area contributed by atoms with Crippen LogP contribution in [0.2, 0.25) is 0 Å². The fourth-order valence-electron chi connectivity index (χ4n) is 3.22. The van der Waals surface area contributed by atoms with Crippen LogP contribution >= 0.6 is 11.8 Å². The fraction of sp³-hybridized carbons (Fsp3) is 0.600. The summed E-state index contributed by atoms with van der Waals surface area (Å²) >= 11 is 1.67. The minimum absolute atomic E-state index is 0.0748. The van der Waals surface area contributed by atoms with E-state index in [-0.39, 0.29) is 29.7 Å². The lowest BCUT2D eigenvalue weighted by Gasteiger charge is -2.30. The lowest BCUT2D eigenvalue weighted by atomic mass is 9.85. The molecular formula is C20H31FN4OS. The summed E-state index contributed by atoms with van der Waals surface area (Å²) in [4.78, 5) is 17.6. The number of hydrogen-bond donors (Lipinski definition) is 3. The van der Waals surface area contributed by atoms with E-state index < -0.39 is 0 Å². The molecule has 0 aliphatic heterocycles. The van der Waals surface area contributed by atoms with Crippen LogP contribution in [0.25, 0.3) is 0 Å². The Morgan fingerprint density at radius 3 is 2.70 bits per heavy atom. The molecule has 2 unspecified atom stereocenters. The van der Waals surface area contributed by atoms with Crippen LogP contribution in [-0.4, -0.2) is 43.3 Å². The van der Waals surface area contributed by atoms with Crippen molar-refractivity contribution in [3.05, 3.63) is 30.1 Å². The van der Waals surface area contributed by atoms with Gasteiger partial charge in [0.1, 0.15) is 5.82 Å². The topological polar surface area (TPSA) is 65.5 Å². The lowest BCUT2D eigenvalue weighted by molar-refractivity contribution is -0.126. The first-order chi connectivity index (χ1) is 13.0. The third kappa shape index (κ3) is 7.79. The van der Waals surface area contributed by atoms with Crippen LogP contribution < -0.4 is 16.0 Å². The quantitative estimate of drug-likeness (QED) is 0.288. The number of hydrogen-bond acceptors (Lipinski definition) is 3. The molecule has 150 valence electrons. The summed E-state index contributed by atoms with van der Waals surface area (Å²) in [6.45, 7) is 4.74. The number of amides is 1. The SMILES string of the molecule is CN=C(NCCSc1ccc(F)cc1)NC1CCCC(C(=O)NC(C)C)C1. The Hall–Kier alpha value is -1.76. The summed E-state index contributed by atoms with van der Waals surface area (Å²) in [6.07, 6.45) is 3.89. The highest BCUT2D eigenvalue weighted by molar-refractivity contribution is 7.99. The number of halogens is 1. The molecule has 5 nitrogen and oxygen atoms in total. The Kier molecular flexibility index (Phi) is 8.91. The molecule has 1 amide bonds. The molecule has 0 heterocycles. The molecule has 1 aromatic rings. The monoisotopic (exact) mass is 394 g/mol. The van der Waals surface area contributed by atoms with E-state index in [9.17, 15) is 9.18 Å². The second-order valence-electron chi connectivity index (χ2n) is 7.17. The smallest absolute Gasteiger partial charge is 0.223 e. The van der Waals surface area contributed by atoms with Gasteiger partial charge in [0.25, 0.3) is 0 Å². The number of rotatable bonds is 7. The number of carbonyl (C=O) groups is 1. The van der Waals surface area contributed by atoms with Crippen molar-refractivity contribution in [3.63, 3.8) is 0 Å². The van der Waals surface area contributed by atoms with E-state index in [1.54, 1.807) is 30.9 Å². The molecule has 1 fully saturated rings. The zero-order valence-electron chi connectivity index (χ0n) is 16.4. The molecule has 1 aliphatic carbocycles. The van der Waals surface area contributed by atoms with Gasteiger partial charge in [-0.1, -0.05) is 6.42 Å². The highest BCUT2D eigenvalue weighted by Crippen LogP contribution is 2.24. The number of benzene rings is 1. The molecule has 2 rings (SSSR count). The number of thioether (sulfide) groups is 1. The lowest BCUT2D eigenvalue weighted by Crippen LogP contribution is -2.48. The largest absolute Gasteiger partial charge is 0.356 e. The van der Waals surface area contributed by atoms with Crippen molar-refractivity contribution in [1.29, 1.82) is 0 Å². The third-order valence-corrected chi connectivity index (χ3v) is 5.53. The average molecular weight is 395 g/mol. The maximum Gasteiger partial charge on any atom is 0.223 e. The number of nitrogens with zero attached hydrogens (tertiary/aromatic N) is 1. The van der Waals surface area contributed by atoms with Crippen molar-refractivity contribution in [1.82, 2.24) is 16.0 Å². The normalized spacial score (nSPS) is 20.4. The summed E-state index contributed by atoms with van der Waals surface area (Å²) in [5, 5.41) is 9.79. The Bertz CT molecular complexity index is 621. The molecule has 2 atom stereocenters. The van der Waals surface area contributed by atoms with E-state index >= 15 is 0 Å². The minimum atomic E-state index is -0.213. The molecule has 0 aromatic heterocycles. The molecule has 0 radical (unpaired) electrons.